The third-order valence-electron chi connectivity index (χ3n) is 3.08. The number of benzene rings is 1. The Labute approximate surface area is 99.6 Å². The predicted octanol–water partition coefficient (Wildman–Crippen LogP) is 1.96. The number of aryl methyl sites for hydroxylation is 2. The van der Waals surface area contributed by atoms with Crippen molar-refractivity contribution in [1.82, 2.24) is 0 Å². The van der Waals surface area contributed by atoms with E-state index in [0.29, 0.717) is 6.42 Å². The van der Waals surface area contributed by atoms with Crippen molar-refractivity contribution in [3.05, 3.63) is 29.3 Å². The molecule has 17 heavy (non-hydrogen) atoms. The molecule has 2 atom stereocenters. The SMILES string of the molecule is Cc1ccc(NC(=O)[C@@H]2C[C@@H]2C(=O)O)c(C)c1. The molecule has 0 heterocycles. The summed E-state index contributed by atoms with van der Waals surface area (Å²) in [6.45, 7) is 3.91. The van der Waals surface area contributed by atoms with Gasteiger partial charge in [0, 0.05) is 5.69 Å². The first-order chi connectivity index (χ1) is 7.99. The number of nitrogens with one attached hydrogen (secondary N) is 1. The molecule has 0 aliphatic heterocycles. The molecule has 2 N–H and O–H groups in total. The first-order valence-electron chi connectivity index (χ1n) is 5.60. The molecule has 1 aromatic rings. The smallest absolute Gasteiger partial charge is 0.307 e. The van der Waals surface area contributed by atoms with E-state index < -0.39 is 11.9 Å². The van der Waals surface area contributed by atoms with Crippen LogP contribution in [-0.2, 0) is 9.59 Å². The van der Waals surface area contributed by atoms with Crippen LogP contribution in [-0.4, -0.2) is 17.0 Å². The summed E-state index contributed by atoms with van der Waals surface area (Å²) in [6, 6.07) is 5.75. The Morgan fingerprint density at radius 2 is 2.00 bits per heavy atom. The lowest BCUT2D eigenvalue weighted by molar-refractivity contribution is -0.139. The Bertz CT molecular complexity index is 482. The highest BCUT2D eigenvalue weighted by Crippen LogP contribution is 2.39. The van der Waals surface area contributed by atoms with Crippen molar-refractivity contribution >= 4 is 17.6 Å². The van der Waals surface area contributed by atoms with Crippen LogP contribution in [0.3, 0.4) is 0 Å². The first kappa shape index (κ1) is 11.6. The van der Waals surface area contributed by atoms with Gasteiger partial charge in [-0.1, -0.05) is 17.7 Å². The maximum atomic E-state index is 11.8. The number of carbonyl (C=O) groups excluding carboxylic acids is 1. The molecule has 4 heteroatoms. The maximum absolute atomic E-state index is 11.8. The molecular weight excluding hydrogens is 218 g/mol. The van der Waals surface area contributed by atoms with E-state index in [-0.39, 0.29) is 11.8 Å². The fourth-order valence-electron chi connectivity index (χ4n) is 1.94. The van der Waals surface area contributed by atoms with E-state index in [2.05, 4.69) is 5.32 Å². The molecule has 1 aliphatic rings. The van der Waals surface area contributed by atoms with Gasteiger partial charge in [0.1, 0.15) is 0 Å². The van der Waals surface area contributed by atoms with Crippen LogP contribution in [0.15, 0.2) is 18.2 Å². The van der Waals surface area contributed by atoms with Gasteiger partial charge in [-0.05, 0) is 31.9 Å². The molecule has 2 rings (SSSR count). The van der Waals surface area contributed by atoms with E-state index >= 15 is 0 Å². The summed E-state index contributed by atoms with van der Waals surface area (Å²) in [5, 5.41) is 11.5. The van der Waals surface area contributed by atoms with Crippen LogP contribution in [0.1, 0.15) is 17.5 Å². The second kappa shape index (κ2) is 4.20. The van der Waals surface area contributed by atoms with E-state index in [1.165, 1.54) is 0 Å². The van der Waals surface area contributed by atoms with Gasteiger partial charge in [-0.25, -0.2) is 0 Å². The molecule has 90 valence electrons. The van der Waals surface area contributed by atoms with Crippen molar-refractivity contribution in [1.29, 1.82) is 0 Å². The van der Waals surface area contributed by atoms with Gasteiger partial charge < -0.3 is 10.4 Å². The second-order valence-electron chi connectivity index (χ2n) is 4.59. The largest absolute Gasteiger partial charge is 0.481 e. The summed E-state index contributed by atoms with van der Waals surface area (Å²) in [4.78, 5) is 22.4. The van der Waals surface area contributed by atoms with Crippen molar-refractivity contribution in [3.8, 4) is 0 Å². The quantitative estimate of drug-likeness (QED) is 0.838. The number of amides is 1. The normalized spacial score (nSPS) is 22.0. The van der Waals surface area contributed by atoms with Gasteiger partial charge in [0.25, 0.3) is 0 Å². The summed E-state index contributed by atoms with van der Waals surface area (Å²) < 4.78 is 0. The summed E-state index contributed by atoms with van der Waals surface area (Å²) >= 11 is 0. The highest BCUT2D eigenvalue weighted by Gasteiger charge is 2.48. The van der Waals surface area contributed by atoms with Crippen molar-refractivity contribution < 1.29 is 14.7 Å². The molecule has 0 aromatic heterocycles. The molecule has 1 fully saturated rings. The highest BCUT2D eigenvalue weighted by molar-refractivity contribution is 5.98. The molecule has 0 saturated heterocycles. The van der Waals surface area contributed by atoms with Gasteiger partial charge in [0.05, 0.1) is 11.8 Å². The monoisotopic (exact) mass is 233 g/mol. The summed E-state index contributed by atoms with van der Waals surface area (Å²) in [7, 11) is 0. The van der Waals surface area contributed by atoms with Crippen LogP contribution in [0, 0.1) is 25.7 Å². The van der Waals surface area contributed by atoms with E-state index in [9.17, 15) is 9.59 Å². The zero-order valence-electron chi connectivity index (χ0n) is 9.86. The number of carboxylic acids is 1. The van der Waals surface area contributed by atoms with Gasteiger partial charge in [-0.3, -0.25) is 9.59 Å². The van der Waals surface area contributed by atoms with Crippen LogP contribution in [0.5, 0.6) is 0 Å². The van der Waals surface area contributed by atoms with Gasteiger partial charge in [0.2, 0.25) is 5.91 Å². The van der Waals surface area contributed by atoms with Crippen molar-refractivity contribution in [2.75, 3.05) is 5.32 Å². The number of anilines is 1. The Morgan fingerprint density at radius 3 is 2.53 bits per heavy atom. The fourth-order valence-corrected chi connectivity index (χ4v) is 1.94. The van der Waals surface area contributed by atoms with Crippen molar-refractivity contribution in [3.63, 3.8) is 0 Å². The molecular formula is C13H15NO3. The van der Waals surface area contributed by atoms with Gasteiger partial charge >= 0.3 is 5.97 Å². The van der Waals surface area contributed by atoms with Crippen LogP contribution in [0.25, 0.3) is 0 Å². The van der Waals surface area contributed by atoms with Crippen molar-refractivity contribution in [2.45, 2.75) is 20.3 Å². The third kappa shape index (κ3) is 2.46. The fraction of sp³-hybridized carbons (Fsp3) is 0.385. The zero-order chi connectivity index (χ0) is 12.6. The average molecular weight is 233 g/mol. The minimum Gasteiger partial charge on any atom is -0.481 e. The lowest BCUT2D eigenvalue weighted by Crippen LogP contribution is -2.17. The van der Waals surface area contributed by atoms with Gasteiger partial charge in [-0.15, -0.1) is 0 Å². The predicted molar refractivity (Wildman–Crippen MR) is 63.8 cm³/mol. The molecule has 1 saturated carbocycles. The lowest BCUT2D eigenvalue weighted by atomic mass is 10.1. The number of hydrogen-bond acceptors (Lipinski definition) is 2. The molecule has 0 unspecified atom stereocenters. The maximum Gasteiger partial charge on any atom is 0.307 e. The molecule has 1 amide bonds. The number of hydrogen-bond donors (Lipinski definition) is 2. The van der Waals surface area contributed by atoms with Crippen LogP contribution in [0.4, 0.5) is 5.69 Å². The molecule has 4 nitrogen and oxygen atoms in total. The molecule has 1 aliphatic carbocycles. The summed E-state index contributed by atoms with van der Waals surface area (Å²) in [5.74, 6) is -1.94. The average Bonchev–Trinajstić information content (AvgIpc) is 3.01. The molecule has 0 radical (unpaired) electrons. The van der Waals surface area contributed by atoms with Crippen LogP contribution >= 0.6 is 0 Å². The highest BCUT2D eigenvalue weighted by atomic mass is 16.4. The number of carbonyl (C=O) groups is 2. The number of carboxylic acid groups (broad SMARTS) is 1. The minimum atomic E-state index is -0.884. The number of aliphatic carboxylic acids is 1. The number of rotatable bonds is 3. The zero-order valence-corrected chi connectivity index (χ0v) is 9.86. The van der Waals surface area contributed by atoms with Gasteiger partial charge in [0.15, 0.2) is 0 Å². The van der Waals surface area contributed by atoms with E-state index in [1.807, 2.05) is 32.0 Å². The minimum absolute atomic E-state index is 0.190. The van der Waals surface area contributed by atoms with Crippen LogP contribution < -0.4 is 5.32 Å². The van der Waals surface area contributed by atoms with Crippen LogP contribution in [0.2, 0.25) is 0 Å². The molecule has 1 aromatic carbocycles. The lowest BCUT2D eigenvalue weighted by Gasteiger charge is -2.08. The third-order valence-corrected chi connectivity index (χ3v) is 3.08. The Balaban J connectivity index is 2.02. The van der Waals surface area contributed by atoms with Gasteiger partial charge in [-0.2, -0.15) is 0 Å². The summed E-state index contributed by atoms with van der Waals surface area (Å²) in [5.41, 5.74) is 2.89. The molecule has 0 spiro atoms. The van der Waals surface area contributed by atoms with E-state index in [4.69, 9.17) is 5.11 Å². The van der Waals surface area contributed by atoms with E-state index in [0.717, 1.165) is 16.8 Å². The Kier molecular flexibility index (Phi) is 2.88. The standard InChI is InChI=1S/C13H15NO3/c1-7-3-4-11(8(2)5-7)14-12(15)9-6-10(9)13(16)17/h3-5,9-10H,6H2,1-2H3,(H,14,15)(H,16,17)/t9-,10+/m1/s1. The second-order valence-corrected chi connectivity index (χ2v) is 4.59. The topological polar surface area (TPSA) is 66.4 Å². The summed E-state index contributed by atoms with van der Waals surface area (Å²) in [6.07, 6.45) is 0.450. The first-order valence-corrected chi connectivity index (χ1v) is 5.60. The van der Waals surface area contributed by atoms with E-state index in [1.54, 1.807) is 0 Å². The Hall–Kier alpha value is -1.84. The molecule has 0 bridgehead atoms. The Morgan fingerprint density at radius 1 is 1.29 bits per heavy atom. The van der Waals surface area contributed by atoms with Crippen molar-refractivity contribution in [2.24, 2.45) is 11.8 Å².